The van der Waals surface area contributed by atoms with Gasteiger partial charge in [-0.1, -0.05) is 166 Å². The van der Waals surface area contributed by atoms with Crippen molar-refractivity contribution in [3.8, 4) is 0 Å². The molecule has 30 nitrogen and oxygen atoms in total. The van der Waals surface area contributed by atoms with Gasteiger partial charge in [0, 0.05) is 19.4 Å². The Hall–Kier alpha value is -8.54. The quantitative estimate of drug-likeness (QED) is 0.0353. The van der Waals surface area contributed by atoms with Crippen molar-refractivity contribution < 1.29 is 77.0 Å². The van der Waals surface area contributed by atoms with Crippen molar-refractivity contribution in [2.45, 2.75) is 280 Å². The molecule has 0 bridgehead atoms. The van der Waals surface area contributed by atoms with E-state index in [0.29, 0.717) is 24.8 Å². The van der Waals surface area contributed by atoms with Crippen molar-refractivity contribution in [3.63, 3.8) is 0 Å². The number of hydrogen-bond acceptors (Lipinski definition) is 17. The standard InChI is InChI=1S/C75H124N14O16/c1-20-43(15)33-34-53(91)80-54(38(5)6)68(97)87-61(46(18)90)72(101)82-56(40(9)10)69(98)83-57(41(11)12)74(103)89-36-28-32-52(89)66(95)78-50(31-27-35-76)64(93)85-59(44(16)21-2)71(100)88-62-47(19)105-75(104)58(42(13)14)84-63(92)49(23-4)77-65(94)51(37-48-29-25-24-26-30-48)79-67(96)55(39(7)8)81-70(99)60(45(17)22-3)86-73(62)102/h23-26,29-30,38-47,50-52,54-62,90H,20-22,27-28,31-37,76H2,1-19H3,(H,77,94)(H,78,95)(H,79,96)(H,80,91)(H,81,99)(H,82,101)(H,83,98)(H,84,92)(H,85,93)(H,86,102)(H,87,97)(H,88,100)/b49-23-/t43-,44-,45-,46+,47+,50-,51-,52+,54+,55?,56-,57+,58?,59+,60+,61-,62?/m0/s1. The fourth-order valence-corrected chi connectivity index (χ4v) is 12.0. The summed E-state index contributed by atoms with van der Waals surface area (Å²) in [6.45, 7) is 31.7. The number of benzene rings is 1. The molecule has 15 N–H and O–H groups in total. The molecule has 105 heavy (non-hydrogen) atoms. The molecule has 0 saturated carbocycles. The fraction of sp³-hybridized carbons (Fsp3) is 0.707. The molecule has 2 aliphatic rings. The second kappa shape index (κ2) is 43.8. The number of carbonyl (C=O) groups excluding carboxylic acids is 14. The highest BCUT2D eigenvalue weighted by molar-refractivity contribution is 6.03. The molecule has 3 unspecified atom stereocenters. The minimum absolute atomic E-state index is 0.0355. The van der Waals surface area contributed by atoms with Gasteiger partial charge >= 0.3 is 5.97 Å². The van der Waals surface area contributed by atoms with E-state index in [4.69, 9.17) is 10.5 Å². The van der Waals surface area contributed by atoms with Crippen molar-refractivity contribution in [2.75, 3.05) is 13.1 Å². The van der Waals surface area contributed by atoms with Crippen LogP contribution in [0.1, 0.15) is 195 Å². The lowest BCUT2D eigenvalue weighted by Crippen LogP contribution is -2.64. The average Bonchev–Trinajstić information content (AvgIpc) is 1.80. The number of esters is 1. The Balaban J connectivity index is 2.00. The monoisotopic (exact) mass is 1480 g/mol. The first kappa shape index (κ1) is 90.7. The predicted octanol–water partition coefficient (Wildman–Crippen LogP) is 1.84. The lowest BCUT2D eigenvalue weighted by atomic mass is 9.95. The largest absolute Gasteiger partial charge is 0.458 e. The number of hydrogen-bond donors (Lipinski definition) is 14. The molecule has 1 aromatic carbocycles. The summed E-state index contributed by atoms with van der Waals surface area (Å²) < 4.78 is 5.96. The number of amides is 13. The maximum absolute atomic E-state index is 15.0. The highest BCUT2D eigenvalue weighted by Crippen LogP contribution is 2.23. The molecule has 17 atom stereocenters. The van der Waals surface area contributed by atoms with Crippen LogP contribution in [0.5, 0.6) is 0 Å². The van der Waals surface area contributed by atoms with Crippen LogP contribution in [0.25, 0.3) is 0 Å². The molecule has 30 heteroatoms. The van der Waals surface area contributed by atoms with Gasteiger partial charge in [-0.3, -0.25) is 62.3 Å². The summed E-state index contributed by atoms with van der Waals surface area (Å²) in [4.78, 5) is 202. The second-order valence-electron chi connectivity index (χ2n) is 30.0. The minimum Gasteiger partial charge on any atom is -0.458 e. The molecule has 0 spiro atoms. The van der Waals surface area contributed by atoms with Gasteiger partial charge in [-0.2, -0.15) is 0 Å². The first-order valence-electron chi connectivity index (χ1n) is 37.5. The summed E-state index contributed by atoms with van der Waals surface area (Å²) in [5.74, 6) is -15.2. The van der Waals surface area contributed by atoms with E-state index < -0.39 is 203 Å². The van der Waals surface area contributed by atoms with Crippen LogP contribution in [0.3, 0.4) is 0 Å². The molecule has 2 fully saturated rings. The average molecular weight is 1480 g/mol. The zero-order valence-electron chi connectivity index (χ0n) is 65.2. The first-order valence-corrected chi connectivity index (χ1v) is 37.5. The van der Waals surface area contributed by atoms with Gasteiger partial charge in [0.1, 0.15) is 84.3 Å². The van der Waals surface area contributed by atoms with E-state index in [1.807, 2.05) is 13.8 Å². The summed E-state index contributed by atoms with van der Waals surface area (Å²) in [6, 6.07) is -7.67. The van der Waals surface area contributed by atoms with Crippen molar-refractivity contribution in [3.05, 3.63) is 47.7 Å². The minimum atomic E-state index is -1.83. The Bertz CT molecular complexity index is 3160. The SMILES string of the molecule is C/C=C1\NC(=O)[C@H](Cc2ccccc2)NC(=O)C(C(C)C)NC(=O)[C@@H]([C@@H](C)CC)NC(=O)C(NC(=O)[C@H](NC(=O)[C@H](CCCN)NC(=O)[C@H]2CCCN2C(=O)[C@H](NC(=O)[C@@H](NC(=O)[C@@H](NC(=O)[C@H](NC(=O)CC[C@@H](C)CC)C(C)C)[C@@H](C)O)C(C)C)C(C)C)[C@@H](C)CC)[C@@H](C)OC(=O)C(C(C)C)NC1=O. The number of nitrogens with one attached hydrogen (secondary N) is 12. The molecule has 3 rings (SSSR count). The van der Waals surface area contributed by atoms with Gasteiger partial charge in [-0.15, -0.1) is 0 Å². The van der Waals surface area contributed by atoms with E-state index in [1.165, 1.54) is 31.7 Å². The van der Waals surface area contributed by atoms with Gasteiger partial charge in [0.2, 0.25) is 70.9 Å². The molecule has 13 amide bonds. The molecular weight excluding hydrogens is 1350 g/mol. The highest BCUT2D eigenvalue weighted by atomic mass is 16.5. The Labute approximate surface area is 620 Å². The van der Waals surface area contributed by atoms with Gasteiger partial charge in [-0.25, -0.2) is 4.79 Å². The van der Waals surface area contributed by atoms with E-state index >= 15 is 9.59 Å². The van der Waals surface area contributed by atoms with Gasteiger partial charge in [0.15, 0.2) is 0 Å². The number of aliphatic hydroxyl groups is 1. The normalized spacial score (nSPS) is 22.8. The van der Waals surface area contributed by atoms with E-state index in [1.54, 1.807) is 127 Å². The van der Waals surface area contributed by atoms with Crippen LogP contribution in [-0.4, -0.2) is 191 Å². The summed E-state index contributed by atoms with van der Waals surface area (Å²) in [5, 5.41) is 43.2. The lowest BCUT2D eigenvalue weighted by Gasteiger charge is -2.33. The summed E-state index contributed by atoms with van der Waals surface area (Å²) in [5.41, 5.74) is 6.34. The van der Waals surface area contributed by atoms with Crippen molar-refractivity contribution in [2.24, 2.45) is 53.1 Å². The van der Waals surface area contributed by atoms with Crippen molar-refractivity contribution >= 4 is 82.8 Å². The number of cyclic esters (lactones) is 1. The predicted molar refractivity (Wildman–Crippen MR) is 395 cm³/mol. The second-order valence-corrected chi connectivity index (χ2v) is 30.0. The Morgan fingerprint density at radius 1 is 0.610 bits per heavy atom. The van der Waals surface area contributed by atoms with Crippen LogP contribution in [0.15, 0.2) is 42.1 Å². The molecule has 1 aromatic rings. The van der Waals surface area contributed by atoms with E-state index in [-0.39, 0.29) is 69.1 Å². The molecule has 590 valence electrons. The number of nitrogens with zero attached hydrogens (tertiary/aromatic N) is 1. The molecule has 2 heterocycles. The van der Waals surface area contributed by atoms with Crippen LogP contribution >= 0.6 is 0 Å². The number of allylic oxidation sites excluding steroid dienone is 1. The van der Waals surface area contributed by atoms with E-state index in [2.05, 4.69) is 63.8 Å². The maximum atomic E-state index is 15.0. The number of carbonyl (C=O) groups is 14. The van der Waals surface area contributed by atoms with Crippen LogP contribution in [0.4, 0.5) is 0 Å². The van der Waals surface area contributed by atoms with E-state index in [0.717, 1.165) is 6.42 Å². The van der Waals surface area contributed by atoms with Gasteiger partial charge in [-0.05, 0) is 112 Å². The van der Waals surface area contributed by atoms with Crippen LogP contribution in [-0.2, 0) is 78.3 Å². The van der Waals surface area contributed by atoms with Gasteiger partial charge < -0.3 is 84.3 Å². The topological polar surface area (TPSA) is 442 Å². The van der Waals surface area contributed by atoms with Gasteiger partial charge in [0.25, 0.3) is 5.91 Å². The third kappa shape index (κ3) is 27.4. The molecular formula is C75H124N14O16. The smallest absolute Gasteiger partial charge is 0.329 e. The van der Waals surface area contributed by atoms with Crippen molar-refractivity contribution in [1.29, 1.82) is 0 Å². The van der Waals surface area contributed by atoms with Crippen LogP contribution in [0, 0.1) is 47.3 Å². The van der Waals surface area contributed by atoms with Crippen LogP contribution in [0.2, 0.25) is 0 Å². The zero-order valence-corrected chi connectivity index (χ0v) is 65.2. The Morgan fingerprint density at radius 2 is 1.15 bits per heavy atom. The third-order valence-electron chi connectivity index (χ3n) is 19.6. The Kier molecular flexibility index (Phi) is 37.8. The molecule has 0 aromatic heterocycles. The summed E-state index contributed by atoms with van der Waals surface area (Å²) >= 11 is 0. The number of rotatable bonds is 33. The third-order valence-corrected chi connectivity index (χ3v) is 19.6. The van der Waals surface area contributed by atoms with E-state index in [9.17, 15) is 62.6 Å². The molecule has 2 saturated heterocycles. The van der Waals surface area contributed by atoms with Crippen LogP contribution < -0.4 is 69.5 Å². The first-order chi connectivity index (χ1) is 49.3. The number of aliphatic hydroxyl groups excluding tert-OH is 1. The van der Waals surface area contributed by atoms with Gasteiger partial charge in [0.05, 0.1) is 6.10 Å². The fourth-order valence-electron chi connectivity index (χ4n) is 12.0. The lowest BCUT2D eigenvalue weighted by molar-refractivity contribution is -0.157. The summed E-state index contributed by atoms with van der Waals surface area (Å²) in [7, 11) is 0. The maximum Gasteiger partial charge on any atom is 0.329 e. The molecule has 0 radical (unpaired) electrons. The number of ether oxygens (including phenoxy) is 1. The Morgan fingerprint density at radius 3 is 1.69 bits per heavy atom. The zero-order chi connectivity index (χ0) is 79.4. The summed E-state index contributed by atoms with van der Waals surface area (Å²) in [6.07, 6.45) is 1.08. The van der Waals surface area contributed by atoms with Crippen molar-refractivity contribution in [1.82, 2.24) is 68.7 Å². The molecule has 0 aliphatic carbocycles. The molecule has 2 aliphatic heterocycles. The number of likely N-dealkylation sites (tertiary alicyclic amines) is 1. The highest BCUT2D eigenvalue weighted by Gasteiger charge is 2.44. The number of nitrogens with two attached hydrogens (primary N) is 1.